The van der Waals surface area contributed by atoms with Crippen molar-refractivity contribution in [3.05, 3.63) is 70.8 Å². The number of piperazine rings is 1. The Kier molecular flexibility index (Phi) is 11.8. The second kappa shape index (κ2) is 15.0. The molecule has 8 nitrogen and oxygen atoms in total. The summed E-state index contributed by atoms with van der Waals surface area (Å²) >= 11 is 0. The van der Waals surface area contributed by atoms with E-state index in [0.717, 1.165) is 30.2 Å². The Morgan fingerprint density at radius 3 is 2.34 bits per heavy atom. The molecule has 1 aliphatic heterocycles. The molecular formula is C31H42F2N4O4. The van der Waals surface area contributed by atoms with Crippen molar-refractivity contribution < 1.29 is 28.3 Å². The minimum atomic E-state index is -1.11. The van der Waals surface area contributed by atoms with Crippen molar-refractivity contribution in [3.63, 3.8) is 0 Å². The fourth-order valence-corrected chi connectivity index (χ4v) is 5.19. The molecule has 3 rings (SSSR count). The van der Waals surface area contributed by atoms with E-state index in [0.29, 0.717) is 19.5 Å². The maximum Gasteiger partial charge on any atom is 0.312 e. The van der Waals surface area contributed by atoms with Gasteiger partial charge < -0.3 is 25.5 Å². The molecule has 0 aromatic heterocycles. The fourth-order valence-electron chi connectivity index (χ4n) is 5.19. The normalized spacial score (nSPS) is 17.2. The molecule has 224 valence electrons. The molecule has 1 aliphatic rings. The van der Waals surface area contributed by atoms with Crippen LogP contribution < -0.4 is 10.6 Å². The smallest absolute Gasteiger partial charge is 0.312 e. The van der Waals surface area contributed by atoms with Crippen molar-refractivity contribution in [2.45, 2.75) is 71.7 Å². The largest absolute Gasteiger partial charge is 0.390 e. The topological polar surface area (TPSA) is 102 Å². The van der Waals surface area contributed by atoms with Crippen LogP contribution in [0.4, 0.5) is 8.78 Å². The monoisotopic (exact) mass is 572 g/mol. The van der Waals surface area contributed by atoms with Crippen molar-refractivity contribution >= 4 is 17.7 Å². The molecule has 0 bridgehead atoms. The van der Waals surface area contributed by atoms with Crippen molar-refractivity contribution in [1.29, 1.82) is 0 Å². The molecule has 3 unspecified atom stereocenters. The number of aliphatic hydroxyl groups is 1. The van der Waals surface area contributed by atoms with Gasteiger partial charge in [0.1, 0.15) is 18.2 Å². The van der Waals surface area contributed by atoms with Gasteiger partial charge in [-0.2, -0.15) is 0 Å². The van der Waals surface area contributed by atoms with Gasteiger partial charge in [0.15, 0.2) is 0 Å². The zero-order valence-electron chi connectivity index (χ0n) is 24.3. The van der Waals surface area contributed by atoms with Crippen LogP contribution in [0.5, 0.6) is 0 Å². The van der Waals surface area contributed by atoms with E-state index < -0.39 is 41.5 Å². The number of halogens is 2. The first-order valence-electron chi connectivity index (χ1n) is 14.3. The van der Waals surface area contributed by atoms with Gasteiger partial charge in [-0.3, -0.25) is 14.4 Å². The highest BCUT2D eigenvalue weighted by atomic mass is 19.1. The Labute approximate surface area is 241 Å². The lowest BCUT2D eigenvalue weighted by Gasteiger charge is -2.42. The lowest BCUT2D eigenvalue weighted by atomic mass is 9.98. The number of hydrogen-bond donors (Lipinski definition) is 3. The first kappa shape index (κ1) is 32.1. The molecule has 1 heterocycles. The third kappa shape index (κ3) is 9.06. The van der Waals surface area contributed by atoms with Crippen LogP contribution in [-0.4, -0.2) is 77.0 Å². The first-order valence-corrected chi connectivity index (χ1v) is 14.3. The third-order valence-corrected chi connectivity index (χ3v) is 7.38. The number of amides is 3. The van der Waals surface area contributed by atoms with Gasteiger partial charge in [0.25, 0.3) is 0 Å². The van der Waals surface area contributed by atoms with Crippen molar-refractivity contribution in [2.24, 2.45) is 5.92 Å². The van der Waals surface area contributed by atoms with E-state index >= 15 is 0 Å². The lowest BCUT2D eigenvalue weighted by Crippen LogP contribution is -2.63. The summed E-state index contributed by atoms with van der Waals surface area (Å²) in [6.45, 7) is 8.81. The molecule has 2 aromatic rings. The quantitative estimate of drug-likeness (QED) is 0.302. The summed E-state index contributed by atoms with van der Waals surface area (Å²) in [6.07, 6.45) is 0.456. The van der Waals surface area contributed by atoms with Crippen LogP contribution >= 0.6 is 0 Å². The van der Waals surface area contributed by atoms with Crippen LogP contribution in [0.2, 0.25) is 0 Å². The van der Waals surface area contributed by atoms with Crippen LogP contribution in [0.15, 0.2) is 42.5 Å². The predicted molar refractivity (Wildman–Crippen MR) is 153 cm³/mol. The average molecular weight is 573 g/mol. The van der Waals surface area contributed by atoms with Gasteiger partial charge in [-0.05, 0) is 54.0 Å². The molecule has 3 N–H and O–H groups in total. The Bertz CT molecular complexity index is 1190. The summed E-state index contributed by atoms with van der Waals surface area (Å²) in [4.78, 5) is 41.6. The van der Waals surface area contributed by atoms with E-state index in [-0.39, 0.29) is 43.6 Å². The summed E-state index contributed by atoms with van der Waals surface area (Å²) in [6, 6.07) is 9.96. The average Bonchev–Trinajstić information content (AvgIpc) is 2.91. The van der Waals surface area contributed by atoms with Gasteiger partial charge in [0, 0.05) is 32.2 Å². The Morgan fingerprint density at radius 1 is 1.02 bits per heavy atom. The number of rotatable bonds is 14. The number of carbonyl (C=O) groups excluding carboxylic acids is 3. The minimum Gasteiger partial charge on any atom is -0.390 e. The zero-order chi connectivity index (χ0) is 30.1. The molecule has 0 radical (unpaired) electrons. The Balaban J connectivity index is 1.70. The van der Waals surface area contributed by atoms with E-state index in [1.165, 1.54) is 10.5 Å². The molecule has 41 heavy (non-hydrogen) atoms. The number of benzene rings is 2. The van der Waals surface area contributed by atoms with Gasteiger partial charge >= 0.3 is 11.8 Å². The Hall–Kier alpha value is -3.37. The molecule has 0 spiro atoms. The lowest BCUT2D eigenvalue weighted by molar-refractivity contribution is -0.161. The van der Waals surface area contributed by atoms with Gasteiger partial charge in [-0.1, -0.05) is 52.0 Å². The van der Waals surface area contributed by atoms with Crippen LogP contribution in [-0.2, 0) is 33.8 Å². The van der Waals surface area contributed by atoms with Gasteiger partial charge in [-0.25, -0.2) is 8.78 Å². The predicted octanol–water partition coefficient (Wildman–Crippen LogP) is 2.81. The minimum absolute atomic E-state index is 0.0413. The highest BCUT2D eigenvalue weighted by Crippen LogP contribution is 2.20. The molecule has 3 amide bonds. The molecule has 1 saturated heterocycles. The second-order valence-corrected chi connectivity index (χ2v) is 11.0. The third-order valence-electron chi connectivity index (χ3n) is 7.38. The van der Waals surface area contributed by atoms with E-state index in [2.05, 4.69) is 23.6 Å². The number of hydrogen-bond acceptors (Lipinski definition) is 5. The first-order chi connectivity index (χ1) is 19.5. The summed E-state index contributed by atoms with van der Waals surface area (Å²) in [7, 11) is 0. The van der Waals surface area contributed by atoms with Crippen LogP contribution in [0.3, 0.4) is 0 Å². The van der Waals surface area contributed by atoms with Gasteiger partial charge in [-0.15, -0.1) is 0 Å². The van der Waals surface area contributed by atoms with Gasteiger partial charge in [0.05, 0.1) is 18.2 Å². The van der Waals surface area contributed by atoms with Crippen LogP contribution in [0, 0.1) is 17.6 Å². The summed E-state index contributed by atoms with van der Waals surface area (Å²) in [5.74, 6) is -3.40. The second-order valence-electron chi connectivity index (χ2n) is 11.0. The maximum atomic E-state index is 13.9. The Morgan fingerprint density at radius 2 is 1.71 bits per heavy atom. The number of aliphatic hydroxyl groups excluding tert-OH is 1. The summed E-state index contributed by atoms with van der Waals surface area (Å²) < 4.78 is 27.8. The molecule has 1 fully saturated rings. The number of nitrogens with one attached hydrogen (secondary N) is 2. The van der Waals surface area contributed by atoms with E-state index in [9.17, 15) is 28.3 Å². The van der Waals surface area contributed by atoms with Crippen molar-refractivity contribution in [3.8, 4) is 0 Å². The molecule has 0 saturated carbocycles. The molecule has 2 aromatic carbocycles. The number of aryl methyl sites for hydroxylation is 1. The highest BCUT2D eigenvalue weighted by Gasteiger charge is 2.40. The summed E-state index contributed by atoms with van der Waals surface area (Å²) in [5, 5.41) is 17.0. The SMILES string of the molecule is CCCN1C(=O)C(=O)N(CC(=O)NC(Cc2cc(F)cc(F)c2)C(O)CNCc2cccc(CC)c2)CC1C(C)C. The van der Waals surface area contributed by atoms with Crippen molar-refractivity contribution in [2.75, 3.05) is 26.2 Å². The van der Waals surface area contributed by atoms with Crippen LogP contribution in [0.1, 0.15) is 50.8 Å². The fraction of sp³-hybridized carbons (Fsp3) is 0.516. The van der Waals surface area contributed by atoms with E-state index in [1.807, 2.05) is 39.0 Å². The van der Waals surface area contributed by atoms with E-state index in [4.69, 9.17) is 0 Å². The molecule has 0 aliphatic carbocycles. The van der Waals surface area contributed by atoms with Gasteiger partial charge in [0.2, 0.25) is 5.91 Å². The molecular weight excluding hydrogens is 530 g/mol. The highest BCUT2D eigenvalue weighted by molar-refractivity contribution is 6.35. The zero-order valence-corrected chi connectivity index (χ0v) is 24.3. The summed E-state index contributed by atoms with van der Waals surface area (Å²) in [5.41, 5.74) is 2.49. The van der Waals surface area contributed by atoms with Crippen LogP contribution in [0.25, 0.3) is 0 Å². The van der Waals surface area contributed by atoms with E-state index in [1.54, 1.807) is 4.90 Å². The standard InChI is InChI=1S/C31H42F2N4O4/c1-5-10-37-27(20(3)4)18-36(30(40)31(37)41)19-29(39)35-26(14-23-12-24(32)15-25(33)13-23)28(38)17-34-16-22-9-7-8-21(6-2)11-22/h7-9,11-13,15,20,26-28,34,38H,5-6,10,14,16-19H2,1-4H3,(H,35,39). The number of nitrogens with zero attached hydrogens (tertiary/aromatic N) is 2. The van der Waals surface area contributed by atoms with Crippen molar-refractivity contribution in [1.82, 2.24) is 20.4 Å². The number of carbonyl (C=O) groups is 3. The maximum absolute atomic E-state index is 13.9. The molecule has 3 atom stereocenters. The molecule has 10 heteroatoms.